The van der Waals surface area contributed by atoms with Crippen LogP contribution >= 0.6 is 0 Å². The van der Waals surface area contributed by atoms with Crippen LogP contribution < -0.4 is 15.1 Å². The van der Waals surface area contributed by atoms with Crippen molar-refractivity contribution in [1.29, 1.82) is 0 Å². The van der Waals surface area contributed by atoms with E-state index in [-0.39, 0.29) is 6.61 Å². The molecule has 0 N–H and O–H groups in total. The molecule has 1 heterocycles. The van der Waals surface area contributed by atoms with Crippen LogP contribution in [-0.4, -0.2) is 19.7 Å². The van der Waals surface area contributed by atoms with Gasteiger partial charge in [-0.3, -0.25) is 0 Å². The average molecular weight is 396 g/mol. The van der Waals surface area contributed by atoms with Crippen LogP contribution in [0.5, 0.6) is 11.5 Å². The van der Waals surface area contributed by atoms with E-state index < -0.39 is 11.6 Å². The molecule has 0 spiro atoms. The third kappa shape index (κ3) is 4.96. The summed E-state index contributed by atoms with van der Waals surface area (Å²) >= 11 is 0. The zero-order chi connectivity index (χ0) is 21.0. The molecule has 0 aliphatic carbocycles. The van der Waals surface area contributed by atoms with Gasteiger partial charge in [0.25, 0.3) is 0 Å². The first-order valence-corrected chi connectivity index (χ1v) is 9.38. The van der Waals surface area contributed by atoms with Crippen LogP contribution in [0.25, 0.3) is 11.0 Å². The molecular weight excluding hydrogens is 372 g/mol. The lowest BCUT2D eigenvalue weighted by Crippen LogP contribution is -2.09. The minimum Gasteiger partial charge on any atom is -0.493 e. The number of aryl methyl sites for hydroxylation is 1. The van der Waals surface area contributed by atoms with Gasteiger partial charge in [-0.25, -0.2) is 9.59 Å². The van der Waals surface area contributed by atoms with Crippen molar-refractivity contribution in [1.82, 2.24) is 0 Å². The van der Waals surface area contributed by atoms with Crippen LogP contribution in [0.2, 0.25) is 0 Å². The molecule has 3 aromatic rings. The van der Waals surface area contributed by atoms with Crippen molar-refractivity contribution in [2.75, 3.05) is 13.7 Å². The standard InChI is InChI=1S/C23H24O6/c1-14(2)12-27-19-8-6-16(10-21(19)26-4)23(25)28-13-17-11-22(24)29-20-9-15(3)5-7-18(17)20/h5-11,14H,12-13H2,1-4H3. The number of esters is 1. The second-order valence-corrected chi connectivity index (χ2v) is 7.24. The van der Waals surface area contributed by atoms with Crippen molar-refractivity contribution in [2.45, 2.75) is 27.4 Å². The average Bonchev–Trinajstić information content (AvgIpc) is 2.69. The number of ether oxygens (including phenoxy) is 3. The first kappa shape index (κ1) is 20.5. The van der Waals surface area contributed by atoms with E-state index in [4.69, 9.17) is 18.6 Å². The molecule has 0 bridgehead atoms. The van der Waals surface area contributed by atoms with E-state index in [0.717, 1.165) is 10.9 Å². The molecule has 1 aromatic heterocycles. The highest BCUT2D eigenvalue weighted by molar-refractivity contribution is 5.90. The smallest absolute Gasteiger partial charge is 0.338 e. The molecule has 29 heavy (non-hydrogen) atoms. The molecule has 0 fully saturated rings. The Balaban J connectivity index is 1.77. The van der Waals surface area contributed by atoms with Gasteiger partial charge in [0.1, 0.15) is 12.2 Å². The van der Waals surface area contributed by atoms with Gasteiger partial charge in [0, 0.05) is 17.0 Å². The number of carbonyl (C=O) groups excluding carboxylic acids is 1. The minimum atomic E-state index is -0.521. The highest BCUT2D eigenvalue weighted by Crippen LogP contribution is 2.29. The van der Waals surface area contributed by atoms with Crippen molar-refractivity contribution in [3.8, 4) is 11.5 Å². The Bertz CT molecular complexity index is 1080. The minimum absolute atomic E-state index is 0.0437. The number of methoxy groups -OCH3 is 1. The molecule has 0 radical (unpaired) electrons. The maximum absolute atomic E-state index is 12.5. The van der Waals surface area contributed by atoms with Gasteiger partial charge in [0.2, 0.25) is 0 Å². The van der Waals surface area contributed by atoms with Crippen molar-refractivity contribution in [3.05, 3.63) is 69.6 Å². The summed E-state index contributed by atoms with van der Waals surface area (Å²) in [4.78, 5) is 24.3. The number of hydrogen-bond acceptors (Lipinski definition) is 6. The van der Waals surface area contributed by atoms with E-state index in [1.165, 1.54) is 13.2 Å². The van der Waals surface area contributed by atoms with Crippen molar-refractivity contribution >= 4 is 16.9 Å². The molecule has 2 aromatic carbocycles. The molecule has 0 aliphatic rings. The summed E-state index contributed by atoms with van der Waals surface area (Å²) in [6.45, 7) is 6.51. The summed E-state index contributed by atoms with van der Waals surface area (Å²) in [6, 6.07) is 11.8. The molecule has 0 atom stereocenters. The van der Waals surface area contributed by atoms with Gasteiger partial charge in [0.05, 0.1) is 19.3 Å². The van der Waals surface area contributed by atoms with Crippen LogP contribution in [0, 0.1) is 12.8 Å². The van der Waals surface area contributed by atoms with Crippen molar-refractivity contribution < 1.29 is 23.4 Å². The molecule has 6 heteroatoms. The fourth-order valence-electron chi connectivity index (χ4n) is 2.85. The van der Waals surface area contributed by atoms with Crippen LogP contribution in [0.1, 0.15) is 35.3 Å². The Morgan fingerprint density at radius 1 is 1.07 bits per heavy atom. The summed E-state index contributed by atoms with van der Waals surface area (Å²) in [6.07, 6.45) is 0. The zero-order valence-electron chi connectivity index (χ0n) is 17.0. The molecule has 0 saturated carbocycles. The Labute approximate surface area is 169 Å². The first-order valence-electron chi connectivity index (χ1n) is 9.38. The lowest BCUT2D eigenvalue weighted by atomic mass is 10.1. The predicted octanol–water partition coefficient (Wildman–Crippen LogP) is 4.50. The van der Waals surface area contributed by atoms with Crippen LogP contribution in [-0.2, 0) is 11.3 Å². The summed E-state index contributed by atoms with van der Waals surface area (Å²) in [5.41, 5.74) is 1.89. The van der Waals surface area contributed by atoms with Crippen LogP contribution in [0.15, 0.2) is 51.7 Å². The number of rotatable bonds is 7. The Hall–Kier alpha value is -3.28. The number of fused-ring (bicyclic) bond motifs is 1. The predicted molar refractivity (Wildman–Crippen MR) is 110 cm³/mol. The van der Waals surface area contributed by atoms with Crippen LogP contribution in [0.3, 0.4) is 0 Å². The van der Waals surface area contributed by atoms with E-state index in [0.29, 0.717) is 40.7 Å². The van der Waals surface area contributed by atoms with Crippen LogP contribution in [0.4, 0.5) is 0 Å². The lowest BCUT2D eigenvalue weighted by molar-refractivity contribution is 0.0473. The summed E-state index contributed by atoms with van der Waals surface area (Å²) in [5, 5.41) is 0.734. The van der Waals surface area contributed by atoms with E-state index >= 15 is 0 Å². The third-order valence-electron chi connectivity index (χ3n) is 4.32. The molecule has 0 amide bonds. The SMILES string of the molecule is COc1cc(C(=O)OCc2cc(=O)oc3cc(C)ccc23)ccc1OCC(C)C. The summed E-state index contributed by atoms with van der Waals surface area (Å²) in [5.74, 6) is 0.875. The molecule has 3 rings (SSSR count). The second kappa shape index (κ2) is 8.82. The maximum atomic E-state index is 12.5. The van der Waals surface area contributed by atoms with E-state index in [1.54, 1.807) is 24.3 Å². The molecule has 0 aliphatic heterocycles. The lowest BCUT2D eigenvalue weighted by Gasteiger charge is -2.13. The molecule has 0 saturated heterocycles. The van der Waals surface area contributed by atoms with Gasteiger partial charge in [-0.2, -0.15) is 0 Å². The number of hydrogen-bond donors (Lipinski definition) is 0. The summed E-state index contributed by atoms with van der Waals surface area (Å²) < 4.78 is 21.7. The Kier molecular flexibility index (Phi) is 6.22. The molecule has 6 nitrogen and oxygen atoms in total. The van der Waals surface area contributed by atoms with Gasteiger partial charge in [0.15, 0.2) is 11.5 Å². The topological polar surface area (TPSA) is 75.0 Å². The Morgan fingerprint density at radius 2 is 1.86 bits per heavy atom. The second-order valence-electron chi connectivity index (χ2n) is 7.24. The Morgan fingerprint density at radius 3 is 2.59 bits per heavy atom. The van der Waals surface area contributed by atoms with Gasteiger partial charge >= 0.3 is 11.6 Å². The quantitative estimate of drug-likeness (QED) is 0.432. The van der Waals surface area contributed by atoms with Gasteiger partial charge in [-0.05, 0) is 42.7 Å². The third-order valence-corrected chi connectivity index (χ3v) is 4.32. The largest absolute Gasteiger partial charge is 0.493 e. The monoisotopic (exact) mass is 396 g/mol. The molecule has 0 unspecified atom stereocenters. The van der Waals surface area contributed by atoms with E-state index in [2.05, 4.69) is 0 Å². The van der Waals surface area contributed by atoms with Crippen molar-refractivity contribution in [2.24, 2.45) is 5.92 Å². The van der Waals surface area contributed by atoms with Gasteiger partial charge in [-0.1, -0.05) is 26.0 Å². The highest BCUT2D eigenvalue weighted by atomic mass is 16.5. The van der Waals surface area contributed by atoms with Gasteiger partial charge < -0.3 is 18.6 Å². The zero-order valence-corrected chi connectivity index (χ0v) is 17.0. The molecule has 152 valence electrons. The van der Waals surface area contributed by atoms with E-state index in [9.17, 15) is 9.59 Å². The summed E-state index contributed by atoms with van der Waals surface area (Å²) in [7, 11) is 1.52. The van der Waals surface area contributed by atoms with Gasteiger partial charge in [-0.15, -0.1) is 0 Å². The molecular formula is C23H24O6. The highest BCUT2D eigenvalue weighted by Gasteiger charge is 2.14. The number of carbonyl (C=O) groups is 1. The fourth-order valence-corrected chi connectivity index (χ4v) is 2.85. The maximum Gasteiger partial charge on any atom is 0.338 e. The van der Waals surface area contributed by atoms with E-state index in [1.807, 2.05) is 32.9 Å². The van der Waals surface area contributed by atoms with Crippen molar-refractivity contribution in [3.63, 3.8) is 0 Å². The first-order chi connectivity index (χ1) is 13.9. The normalized spacial score (nSPS) is 10.9. The number of benzene rings is 2. The fraction of sp³-hybridized carbons (Fsp3) is 0.304.